The number of amides is 1. The van der Waals surface area contributed by atoms with E-state index in [1.54, 1.807) is 0 Å². The van der Waals surface area contributed by atoms with Crippen molar-refractivity contribution in [2.75, 3.05) is 0 Å². The Hall–Kier alpha value is -1.14. The summed E-state index contributed by atoms with van der Waals surface area (Å²) >= 11 is 1.08. The molecular formula is C5H6N2O3S. The van der Waals surface area contributed by atoms with Crippen molar-refractivity contribution >= 4 is 17.4 Å². The fourth-order valence-electron chi connectivity index (χ4n) is 0.496. The molecule has 11 heavy (non-hydrogen) atoms. The van der Waals surface area contributed by atoms with Crippen LogP contribution in [0, 0.1) is 0 Å². The summed E-state index contributed by atoms with van der Waals surface area (Å²) in [4.78, 5) is 14.5. The summed E-state index contributed by atoms with van der Waals surface area (Å²) in [5.74, 6) is 0. The third kappa shape index (κ3) is 2.17. The van der Waals surface area contributed by atoms with E-state index in [2.05, 4.69) is 9.72 Å². The molecule has 5 nitrogen and oxygen atoms in total. The van der Waals surface area contributed by atoms with Gasteiger partial charge in [-0.1, -0.05) is 11.3 Å². The number of ether oxygens (including phenoxy) is 1. The van der Waals surface area contributed by atoms with Gasteiger partial charge in [-0.15, -0.1) is 0 Å². The molecule has 6 heteroatoms. The summed E-state index contributed by atoms with van der Waals surface area (Å²) in [5, 5.41) is 8.74. The van der Waals surface area contributed by atoms with Crippen LogP contribution in [0.25, 0.3) is 0 Å². The van der Waals surface area contributed by atoms with E-state index in [9.17, 15) is 4.79 Å². The highest BCUT2D eigenvalue weighted by atomic mass is 32.1. The van der Waals surface area contributed by atoms with Gasteiger partial charge < -0.3 is 15.6 Å². The number of nitrogens with zero attached hydrogens (tertiary/aromatic N) is 1. The monoisotopic (exact) mass is 174 g/mol. The third-order valence-corrected chi connectivity index (χ3v) is 1.74. The van der Waals surface area contributed by atoms with Gasteiger partial charge in [-0.25, -0.2) is 9.78 Å². The Morgan fingerprint density at radius 3 is 3.09 bits per heavy atom. The van der Waals surface area contributed by atoms with Crippen LogP contribution in [0.1, 0.15) is 4.88 Å². The van der Waals surface area contributed by atoms with Crippen LogP contribution in [-0.4, -0.2) is 16.2 Å². The minimum Gasteiger partial charge on any atom is -0.391 e. The van der Waals surface area contributed by atoms with Crippen LogP contribution in [0.2, 0.25) is 0 Å². The number of nitrogens with two attached hydrogens (primary N) is 1. The summed E-state index contributed by atoms with van der Waals surface area (Å²) in [6, 6.07) is 0. The standard InChI is InChI=1S/C5H6N2O3S/c6-4(9)10-5-7-1-3(2-8)11-5/h1,8H,2H2,(H2,6,9). The first-order valence-corrected chi connectivity index (χ1v) is 3.57. The smallest absolute Gasteiger partial charge is 0.391 e. The maximum atomic E-state index is 10.2. The fourth-order valence-corrected chi connectivity index (χ4v) is 1.12. The summed E-state index contributed by atoms with van der Waals surface area (Å²) in [5.41, 5.74) is 4.72. The van der Waals surface area contributed by atoms with Gasteiger partial charge in [0.1, 0.15) is 0 Å². The largest absolute Gasteiger partial charge is 0.411 e. The molecule has 0 unspecified atom stereocenters. The Morgan fingerprint density at radius 1 is 1.91 bits per heavy atom. The number of carbonyl (C=O) groups excluding carboxylic acids is 1. The van der Waals surface area contributed by atoms with Crippen LogP contribution in [-0.2, 0) is 6.61 Å². The number of rotatable bonds is 2. The van der Waals surface area contributed by atoms with E-state index in [4.69, 9.17) is 10.8 Å². The molecule has 1 aromatic heterocycles. The van der Waals surface area contributed by atoms with Crippen molar-refractivity contribution in [3.05, 3.63) is 11.1 Å². The lowest BCUT2D eigenvalue weighted by Gasteiger charge is -1.90. The van der Waals surface area contributed by atoms with Crippen molar-refractivity contribution in [1.82, 2.24) is 4.98 Å². The van der Waals surface area contributed by atoms with Gasteiger partial charge in [0.2, 0.25) is 0 Å². The summed E-state index contributed by atoms with van der Waals surface area (Å²) < 4.78 is 4.43. The van der Waals surface area contributed by atoms with E-state index in [1.807, 2.05) is 0 Å². The van der Waals surface area contributed by atoms with Gasteiger partial charge in [-0.3, -0.25) is 0 Å². The third-order valence-electron chi connectivity index (χ3n) is 0.876. The maximum Gasteiger partial charge on any atom is 0.411 e. The molecule has 0 saturated carbocycles. The lowest BCUT2D eigenvalue weighted by atomic mass is 10.6. The molecule has 1 rings (SSSR count). The van der Waals surface area contributed by atoms with Crippen molar-refractivity contribution in [1.29, 1.82) is 0 Å². The Balaban J connectivity index is 2.65. The predicted molar refractivity (Wildman–Crippen MR) is 38.2 cm³/mol. The predicted octanol–water partition coefficient (Wildman–Crippen LogP) is 0.0929. The van der Waals surface area contributed by atoms with Gasteiger partial charge in [0.15, 0.2) is 0 Å². The average Bonchev–Trinajstić information content (AvgIpc) is 2.34. The van der Waals surface area contributed by atoms with Crippen LogP contribution in [0.15, 0.2) is 6.20 Å². The van der Waals surface area contributed by atoms with Crippen molar-refractivity contribution < 1.29 is 14.6 Å². The number of thiazole rings is 1. The number of aromatic nitrogens is 1. The van der Waals surface area contributed by atoms with Gasteiger partial charge in [0, 0.05) is 6.20 Å². The molecule has 0 fully saturated rings. The number of aliphatic hydroxyl groups excluding tert-OH is 1. The molecule has 1 heterocycles. The van der Waals surface area contributed by atoms with Crippen LogP contribution in [0.4, 0.5) is 4.79 Å². The van der Waals surface area contributed by atoms with Gasteiger partial charge in [-0.2, -0.15) is 0 Å². The molecule has 0 aliphatic carbocycles. The van der Waals surface area contributed by atoms with Gasteiger partial charge in [0.25, 0.3) is 5.19 Å². The van der Waals surface area contributed by atoms with E-state index in [0.29, 0.717) is 4.88 Å². The van der Waals surface area contributed by atoms with Crippen molar-refractivity contribution in [2.24, 2.45) is 5.73 Å². The Bertz CT molecular complexity index is 260. The molecule has 0 atom stereocenters. The molecule has 0 aliphatic rings. The van der Waals surface area contributed by atoms with E-state index in [0.717, 1.165) is 11.3 Å². The Labute approximate surface area is 66.4 Å². The SMILES string of the molecule is NC(=O)Oc1ncc(CO)s1. The molecule has 0 saturated heterocycles. The summed E-state index contributed by atoms with van der Waals surface area (Å²) in [7, 11) is 0. The highest BCUT2D eigenvalue weighted by Gasteiger charge is 2.03. The number of carbonyl (C=O) groups is 1. The number of hydrogen-bond acceptors (Lipinski definition) is 5. The van der Waals surface area contributed by atoms with Crippen LogP contribution >= 0.6 is 11.3 Å². The van der Waals surface area contributed by atoms with Gasteiger partial charge in [-0.05, 0) is 0 Å². The maximum absolute atomic E-state index is 10.2. The van der Waals surface area contributed by atoms with Crippen molar-refractivity contribution in [3.8, 4) is 5.19 Å². The summed E-state index contributed by atoms with van der Waals surface area (Å²) in [6.07, 6.45) is 0.520. The number of hydrogen-bond donors (Lipinski definition) is 2. The molecule has 0 radical (unpaired) electrons. The van der Waals surface area contributed by atoms with Crippen molar-refractivity contribution in [2.45, 2.75) is 6.61 Å². The van der Waals surface area contributed by atoms with Crippen LogP contribution in [0.3, 0.4) is 0 Å². The topological polar surface area (TPSA) is 85.4 Å². The molecule has 60 valence electrons. The van der Waals surface area contributed by atoms with Crippen LogP contribution in [0.5, 0.6) is 5.19 Å². The zero-order valence-corrected chi connectivity index (χ0v) is 6.30. The molecular weight excluding hydrogens is 168 g/mol. The highest BCUT2D eigenvalue weighted by molar-refractivity contribution is 7.13. The highest BCUT2D eigenvalue weighted by Crippen LogP contribution is 2.19. The van der Waals surface area contributed by atoms with E-state index in [-0.39, 0.29) is 11.8 Å². The lowest BCUT2D eigenvalue weighted by molar-refractivity contribution is 0.210. The normalized spacial score (nSPS) is 9.55. The molecule has 0 aliphatic heterocycles. The van der Waals surface area contributed by atoms with Crippen molar-refractivity contribution in [3.63, 3.8) is 0 Å². The van der Waals surface area contributed by atoms with Crippen LogP contribution < -0.4 is 10.5 Å². The van der Waals surface area contributed by atoms with E-state index >= 15 is 0 Å². The fraction of sp³-hybridized carbons (Fsp3) is 0.200. The second-order valence-corrected chi connectivity index (χ2v) is 2.75. The van der Waals surface area contributed by atoms with E-state index < -0.39 is 6.09 Å². The molecule has 0 aromatic carbocycles. The lowest BCUT2D eigenvalue weighted by Crippen LogP contribution is -2.15. The minimum atomic E-state index is -0.899. The molecule has 0 spiro atoms. The van der Waals surface area contributed by atoms with Gasteiger partial charge in [0.05, 0.1) is 11.5 Å². The molecule has 3 N–H and O–H groups in total. The quantitative estimate of drug-likeness (QED) is 0.665. The number of aliphatic hydroxyl groups is 1. The average molecular weight is 174 g/mol. The Kier molecular flexibility index (Phi) is 2.40. The molecule has 1 amide bonds. The van der Waals surface area contributed by atoms with Gasteiger partial charge >= 0.3 is 6.09 Å². The van der Waals surface area contributed by atoms with E-state index in [1.165, 1.54) is 6.20 Å². The Morgan fingerprint density at radius 2 is 2.64 bits per heavy atom. The molecule has 1 aromatic rings. The second-order valence-electron chi connectivity index (χ2n) is 1.67. The number of primary amides is 1. The first kappa shape index (κ1) is 7.96. The first-order valence-electron chi connectivity index (χ1n) is 2.75. The first-order chi connectivity index (χ1) is 5.22. The zero-order valence-electron chi connectivity index (χ0n) is 5.48. The zero-order chi connectivity index (χ0) is 8.27. The molecule has 0 bridgehead atoms. The minimum absolute atomic E-state index is 0.111. The summed E-state index contributed by atoms with van der Waals surface area (Å²) in [6.45, 7) is -0.111. The second kappa shape index (κ2) is 3.31.